The molecule has 0 saturated carbocycles. The quantitative estimate of drug-likeness (QED) is 0.729. The molecular weight excluding hydrogens is 228 g/mol. The van der Waals surface area contributed by atoms with Crippen molar-refractivity contribution in [1.29, 1.82) is 0 Å². The molecule has 0 amide bonds. The van der Waals surface area contributed by atoms with Gasteiger partial charge in [-0.15, -0.1) is 0 Å². The van der Waals surface area contributed by atoms with Crippen molar-refractivity contribution in [3.8, 4) is 0 Å². The van der Waals surface area contributed by atoms with Gasteiger partial charge in [-0.1, -0.05) is 0 Å². The highest BCUT2D eigenvalue weighted by Gasteiger charge is 2.19. The van der Waals surface area contributed by atoms with E-state index in [0.717, 1.165) is 12.8 Å². The van der Waals surface area contributed by atoms with Crippen LogP contribution in [-0.2, 0) is 17.1 Å². The molecule has 0 aliphatic carbocycles. The Bertz CT molecular complexity index is 426. The number of hydrogen-bond acceptors (Lipinski definition) is 4. The Hall–Kier alpha value is -0.920. The fraction of sp³-hybridized carbons (Fsp3) is 0.667. The molecule has 1 heterocycles. The van der Waals surface area contributed by atoms with Gasteiger partial charge in [0.2, 0.25) is 0 Å². The fourth-order valence-electron chi connectivity index (χ4n) is 1.43. The largest absolute Gasteiger partial charge is 0.330 e. The maximum Gasteiger partial charge on any atom is 0.257 e. The highest BCUT2D eigenvalue weighted by Crippen LogP contribution is 2.08. The first kappa shape index (κ1) is 13.1. The van der Waals surface area contributed by atoms with Crippen LogP contribution in [0.15, 0.2) is 17.3 Å². The topological polar surface area (TPSA) is 90.0 Å². The van der Waals surface area contributed by atoms with E-state index < -0.39 is 10.0 Å². The number of hydrogen-bond donors (Lipinski definition) is 2. The number of sulfonamides is 1. The van der Waals surface area contributed by atoms with E-state index in [1.807, 2.05) is 6.92 Å². The summed E-state index contributed by atoms with van der Waals surface area (Å²) < 4.78 is 27.7. The van der Waals surface area contributed by atoms with Gasteiger partial charge in [0, 0.05) is 13.1 Å². The Balaban J connectivity index is 2.69. The van der Waals surface area contributed by atoms with Crippen LogP contribution >= 0.6 is 0 Å². The minimum atomic E-state index is -3.47. The molecule has 0 radical (unpaired) electrons. The van der Waals surface area contributed by atoms with Crippen LogP contribution in [0.3, 0.4) is 0 Å². The monoisotopic (exact) mass is 246 g/mol. The maximum absolute atomic E-state index is 11.9. The Labute approximate surface area is 95.9 Å². The van der Waals surface area contributed by atoms with Gasteiger partial charge in [-0.25, -0.2) is 13.1 Å². The number of rotatable bonds is 6. The Morgan fingerprint density at radius 1 is 1.62 bits per heavy atom. The molecule has 92 valence electrons. The van der Waals surface area contributed by atoms with Gasteiger partial charge in [0.15, 0.2) is 5.03 Å². The Morgan fingerprint density at radius 2 is 2.31 bits per heavy atom. The number of aromatic nitrogens is 2. The molecule has 1 atom stereocenters. The minimum absolute atomic E-state index is 0.122. The lowest BCUT2D eigenvalue weighted by atomic mass is 10.2. The highest BCUT2D eigenvalue weighted by molar-refractivity contribution is 7.89. The summed E-state index contributed by atoms with van der Waals surface area (Å²) in [6, 6.07) is 1.35. The van der Waals surface area contributed by atoms with Gasteiger partial charge in [-0.2, -0.15) is 5.10 Å². The highest BCUT2D eigenvalue weighted by atomic mass is 32.2. The van der Waals surface area contributed by atoms with Crippen LogP contribution in [0, 0.1) is 0 Å². The lowest BCUT2D eigenvalue weighted by molar-refractivity contribution is 0.527. The van der Waals surface area contributed by atoms with Crippen LogP contribution in [-0.4, -0.2) is 30.8 Å². The van der Waals surface area contributed by atoms with Crippen LogP contribution in [0.1, 0.15) is 19.8 Å². The van der Waals surface area contributed by atoms with Crippen molar-refractivity contribution >= 4 is 10.0 Å². The SMILES string of the molecule is CC(CCCN)NS(=O)(=O)c1ccnn1C. The predicted octanol–water partition coefficient (Wildman–Crippen LogP) is -0.174. The maximum atomic E-state index is 11.9. The third-order valence-electron chi connectivity index (χ3n) is 2.25. The molecule has 1 rings (SSSR count). The molecule has 0 aliphatic heterocycles. The molecule has 6 nitrogen and oxygen atoms in total. The number of aryl methyl sites for hydroxylation is 1. The second-order valence-corrected chi connectivity index (χ2v) is 5.41. The molecule has 0 aromatic carbocycles. The normalized spacial score (nSPS) is 13.9. The summed E-state index contributed by atoms with van der Waals surface area (Å²) in [5.41, 5.74) is 5.37. The summed E-state index contributed by atoms with van der Waals surface area (Å²) >= 11 is 0. The number of nitrogens with one attached hydrogen (secondary N) is 1. The van der Waals surface area contributed by atoms with Gasteiger partial charge in [-0.3, -0.25) is 4.68 Å². The van der Waals surface area contributed by atoms with E-state index in [9.17, 15) is 8.42 Å². The zero-order valence-corrected chi connectivity index (χ0v) is 10.4. The van der Waals surface area contributed by atoms with Gasteiger partial charge >= 0.3 is 0 Å². The lowest BCUT2D eigenvalue weighted by Gasteiger charge is -2.13. The molecule has 0 bridgehead atoms. The zero-order chi connectivity index (χ0) is 12.2. The second-order valence-electron chi connectivity index (χ2n) is 3.75. The minimum Gasteiger partial charge on any atom is -0.330 e. The van der Waals surface area contributed by atoms with Crippen molar-refractivity contribution in [2.45, 2.75) is 30.8 Å². The average Bonchev–Trinajstić information content (AvgIpc) is 2.61. The van der Waals surface area contributed by atoms with Crippen molar-refractivity contribution in [1.82, 2.24) is 14.5 Å². The van der Waals surface area contributed by atoms with Crippen molar-refractivity contribution in [3.05, 3.63) is 12.3 Å². The lowest BCUT2D eigenvalue weighted by Crippen LogP contribution is -2.34. The van der Waals surface area contributed by atoms with E-state index >= 15 is 0 Å². The van der Waals surface area contributed by atoms with Crippen molar-refractivity contribution in [3.63, 3.8) is 0 Å². The number of nitrogens with two attached hydrogens (primary N) is 1. The fourth-order valence-corrected chi connectivity index (χ4v) is 2.84. The molecular formula is C9H18N4O2S. The molecule has 0 saturated heterocycles. The van der Waals surface area contributed by atoms with Crippen LogP contribution in [0.2, 0.25) is 0 Å². The Morgan fingerprint density at radius 3 is 2.81 bits per heavy atom. The third-order valence-corrected chi connectivity index (χ3v) is 3.91. The van der Waals surface area contributed by atoms with E-state index in [0.29, 0.717) is 6.54 Å². The summed E-state index contributed by atoms with van der Waals surface area (Å²) in [5, 5.41) is 4.00. The van der Waals surface area contributed by atoms with E-state index in [-0.39, 0.29) is 11.1 Å². The standard InChI is InChI=1S/C9H18N4O2S/c1-8(4-3-6-10)12-16(14,15)9-5-7-11-13(9)2/h5,7-8,12H,3-4,6,10H2,1-2H3. The third kappa shape index (κ3) is 3.29. The molecule has 1 aromatic rings. The smallest absolute Gasteiger partial charge is 0.257 e. The van der Waals surface area contributed by atoms with Gasteiger partial charge in [0.05, 0.1) is 6.20 Å². The summed E-state index contributed by atoms with van der Waals surface area (Å²) in [5.74, 6) is 0. The first-order valence-corrected chi connectivity index (χ1v) is 6.66. The van der Waals surface area contributed by atoms with Gasteiger partial charge in [-0.05, 0) is 32.4 Å². The van der Waals surface area contributed by atoms with Crippen molar-refractivity contribution in [2.24, 2.45) is 12.8 Å². The summed E-state index contributed by atoms with van der Waals surface area (Å²) in [6.45, 7) is 2.39. The van der Waals surface area contributed by atoms with E-state index in [1.54, 1.807) is 7.05 Å². The van der Waals surface area contributed by atoms with Crippen LogP contribution < -0.4 is 10.5 Å². The first-order valence-electron chi connectivity index (χ1n) is 5.18. The van der Waals surface area contributed by atoms with Gasteiger partial charge in [0.1, 0.15) is 0 Å². The second kappa shape index (κ2) is 5.42. The van der Waals surface area contributed by atoms with E-state index in [1.165, 1.54) is 16.9 Å². The van der Waals surface area contributed by atoms with Crippen molar-refractivity contribution < 1.29 is 8.42 Å². The van der Waals surface area contributed by atoms with Gasteiger partial charge in [0.25, 0.3) is 10.0 Å². The molecule has 16 heavy (non-hydrogen) atoms. The molecule has 0 spiro atoms. The average molecular weight is 246 g/mol. The van der Waals surface area contributed by atoms with Gasteiger partial charge < -0.3 is 5.73 Å². The summed E-state index contributed by atoms with van der Waals surface area (Å²) in [6.07, 6.45) is 2.99. The molecule has 1 aromatic heterocycles. The molecule has 1 unspecified atom stereocenters. The summed E-state index contributed by atoms with van der Waals surface area (Å²) in [7, 11) is -1.87. The van der Waals surface area contributed by atoms with Crippen LogP contribution in [0.5, 0.6) is 0 Å². The predicted molar refractivity (Wildman–Crippen MR) is 61.3 cm³/mol. The molecule has 0 fully saturated rings. The first-order chi connectivity index (χ1) is 7.47. The molecule has 0 aliphatic rings. The summed E-state index contributed by atoms with van der Waals surface area (Å²) in [4.78, 5) is 0. The van der Waals surface area contributed by atoms with Crippen molar-refractivity contribution in [2.75, 3.05) is 6.54 Å². The van der Waals surface area contributed by atoms with E-state index in [2.05, 4.69) is 9.82 Å². The molecule has 7 heteroatoms. The number of nitrogens with zero attached hydrogens (tertiary/aromatic N) is 2. The Kier molecular flexibility index (Phi) is 4.45. The van der Waals surface area contributed by atoms with Crippen LogP contribution in [0.4, 0.5) is 0 Å². The zero-order valence-electron chi connectivity index (χ0n) is 9.55. The van der Waals surface area contributed by atoms with Crippen LogP contribution in [0.25, 0.3) is 0 Å². The molecule has 3 N–H and O–H groups in total. The van der Waals surface area contributed by atoms with E-state index in [4.69, 9.17) is 5.73 Å².